The molecule has 1 N–H and O–H groups in total. The molecular formula is C14H21FN2O2S. The molecule has 0 aromatic heterocycles. The Morgan fingerprint density at radius 3 is 2.65 bits per heavy atom. The van der Waals surface area contributed by atoms with Gasteiger partial charge in [-0.15, -0.1) is 0 Å². The lowest BCUT2D eigenvalue weighted by atomic mass is 10.2. The maximum atomic E-state index is 13.5. The Balaban J connectivity index is 2.43. The molecule has 1 aromatic carbocycles. The summed E-state index contributed by atoms with van der Waals surface area (Å²) in [4.78, 5) is 0.0900. The van der Waals surface area contributed by atoms with Crippen molar-refractivity contribution in [3.05, 3.63) is 29.6 Å². The summed E-state index contributed by atoms with van der Waals surface area (Å²) in [7, 11) is -1.88. The highest BCUT2D eigenvalue weighted by Crippen LogP contribution is 2.33. The zero-order valence-electron chi connectivity index (χ0n) is 11.9. The van der Waals surface area contributed by atoms with E-state index in [1.807, 2.05) is 6.92 Å². The molecule has 1 saturated carbocycles. The van der Waals surface area contributed by atoms with Gasteiger partial charge in [-0.3, -0.25) is 0 Å². The fourth-order valence-corrected chi connectivity index (χ4v) is 4.33. The van der Waals surface area contributed by atoms with Crippen LogP contribution >= 0.6 is 0 Å². The Labute approximate surface area is 120 Å². The molecule has 1 aliphatic rings. The summed E-state index contributed by atoms with van der Waals surface area (Å²) in [6.07, 6.45) is 2.55. The summed E-state index contributed by atoms with van der Waals surface area (Å²) in [5.41, 5.74) is 0.607. The molecule has 1 fully saturated rings. The van der Waals surface area contributed by atoms with Gasteiger partial charge < -0.3 is 5.32 Å². The van der Waals surface area contributed by atoms with Crippen molar-refractivity contribution < 1.29 is 12.8 Å². The predicted molar refractivity (Wildman–Crippen MR) is 76.4 cm³/mol. The van der Waals surface area contributed by atoms with E-state index in [1.54, 1.807) is 7.05 Å². The predicted octanol–water partition coefficient (Wildman–Crippen LogP) is 2.11. The molecule has 0 amide bonds. The number of sulfonamides is 1. The second-order valence-corrected chi connectivity index (χ2v) is 6.99. The second kappa shape index (κ2) is 6.20. The van der Waals surface area contributed by atoms with Gasteiger partial charge in [0, 0.05) is 19.1 Å². The Bertz CT molecular complexity index is 571. The maximum absolute atomic E-state index is 13.5. The van der Waals surface area contributed by atoms with Crippen molar-refractivity contribution >= 4 is 10.0 Å². The molecule has 0 saturated heterocycles. The summed E-state index contributed by atoms with van der Waals surface area (Å²) in [5.74, 6) is -0.518. The molecule has 6 heteroatoms. The normalized spacial score (nSPS) is 15.8. The molecule has 0 aliphatic heterocycles. The number of nitrogens with zero attached hydrogens (tertiary/aromatic N) is 1. The highest BCUT2D eigenvalue weighted by Gasteiger charge is 2.38. The molecule has 0 heterocycles. The van der Waals surface area contributed by atoms with Gasteiger partial charge in [0.05, 0.1) is 4.90 Å². The Hall–Kier alpha value is -0.980. The van der Waals surface area contributed by atoms with Crippen LogP contribution in [0.25, 0.3) is 0 Å². The van der Waals surface area contributed by atoms with Gasteiger partial charge in [0.25, 0.3) is 0 Å². The first-order valence-corrected chi connectivity index (χ1v) is 8.39. The van der Waals surface area contributed by atoms with E-state index < -0.39 is 15.8 Å². The molecule has 1 aromatic rings. The molecule has 0 atom stereocenters. The number of halogens is 1. The van der Waals surface area contributed by atoms with Gasteiger partial charge in [-0.25, -0.2) is 12.8 Å². The fraction of sp³-hybridized carbons (Fsp3) is 0.571. The van der Waals surface area contributed by atoms with E-state index in [4.69, 9.17) is 0 Å². The molecule has 1 aliphatic carbocycles. The topological polar surface area (TPSA) is 49.4 Å². The van der Waals surface area contributed by atoms with Crippen molar-refractivity contribution in [3.8, 4) is 0 Å². The van der Waals surface area contributed by atoms with Gasteiger partial charge in [0.2, 0.25) is 10.0 Å². The first-order chi connectivity index (χ1) is 9.50. The van der Waals surface area contributed by atoms with Crippen molar-refractivity contribution in [2.45, 2.75) is 43.7 Å². The number of hydrogen-bond acceptors (Lipinski definition) is 3. The van der Waals surface area contributed by atoms with E-state index in [0.717, 1.165) is 25.3 Å². The minimum Gasteiger partial charge on any atom is -0.316 e. The maximum Gasteiger partial charge on any atom is 0.243 e. The van der Waals surface area contributed by atoms with Gasteiger partial charge >= 0.3 is 0 Å². The minimum absolute atomic E-state index is 0.0886. The van der Waals surface area contributed by atoms with Crippen LogP contribution in [0, 0.1) is 5.82 Å². The molecule has 0 radical (unpaired) electrons. The van der Waals surface area contributed by atoms with Crippen LogP contribution in [0.4, 0.5) is 4.39 Å². The first kappa shape index (κ1) is 15.4. The van der Waals surface area contributed by atoms with Crippen molar-refractivity contribution in [1.82, 2.24) is 9.62 Å². The number of rotatable bonds is 7. The van der Waals surface area contributed by atoms with Crippen LogP contribution in [0.3, 0.4) is 0 Å². The number of hydrogen-bond donors (Lipinski definition) is 1. The van der Waals surface area contributed by atoms with Crippen LogP contribution in [0.2, 0.25) is 0 Å². The first-order valence-electron chi connectivity index (χ1n) is 6.95. The molecule has 112 valence electrons. The second-order valence-electron chi connectivity index (χ2n) is 5.13. The fourth-order valence-electron chi connectivity index (χ4n) is 2.31. The van der Waals surface area contributed by atoms with Crippen LogP contribution < -0.4 is 5.32 Å². The van der Waals surface area contributed by atoms with Crippen molar-refractivity contribution in [3.63, 3.8) is 0 Å². The minimum atomic E-state index is -3.62. The lowest BCUT2D eigenvalue weighted by Crippen LogP contribution is -2.34. The average molecular weight is 300 g/mol. The lowest BCUT2D eigenvalue weighted by Gasteiger charge is -2.23. The van der Waals surface area contributed by atoms with Crippen molar-refractivity contribution in [2.75, 3.05) is 13.6 Å². The van der Waals surface area contributed by atoms with Crippen LogP contribution in [-0.4, -0.2) is 32.4 Å². The summed E-state index contributed by atoms with van der Waals surface area (Å²) in [6.45, 7) is 2.84. The van der Waals surface area contributed by atoms with Crippen molar-refractivity contribution in [1.29, 1.82) is 0 Å². The zero-order valence-corrected chi connectivity index (χ0v) is 12.7. The molecule has 0 bridgehead atoms. The molecule has 4 nitrogen and oxygen atoms in total. The zero-order chi connectivity index (χ0) is 14.8. The standard InChI is InChI=1S/C14H21FN2O2S/c1-3-8-17(13-6-7-13)20(18,19)14-9-12(15)5-4-11(14)10-16-2/h4-5,9,13,16H,3,6-8,10H2,1-2H3. The Morgan fingerprint density at radius 2 is 2.10 bits per heavy atom. The molecule has 2 rings (SSSR count). The summed E-state index contributed by atoms with van der Waals surface area (Å²) in [5, 5.41) is 2.93. The molecular weight excluding hydrogens is 279 g/mol. The smallest absolute Gasteiger partial charge is 0.243 e. The SMILES string of the molecule is CCCN(C1CC1)S(=O)(=O)c1cc(F)ccc1CNC. The van der Waals surface area contributed by atoms with E-state index in [0.29, 0.717) is 18.7 Å². The molecule has 20 heavy (non-hydrogen) atoms. The average Bonchev–Trinajstić information content (AvgIpc) is 3.22. The Kier molecular flexibility index (Phi) is 4.78. The van der Waals surface area contributed by atoms with Gasteiger partial charge in [-0.1, -0.05) is 13.0 Å². The quantitative estimate of drug-likeness (QED) is 0.839. The van der Waals surface area contributed by atoms with E-state index in [1.165, 1.54) is 16.4 Å². The van der Waals surface area contributed by atoms with Crippen molar-refractivity contribution in [2.24, 2.45) is 0 Å². The van der Waals surface area contributed by atoms with Crippen LogP contribution in [-0.2, 0) is 16.6 Å². The van der Waals surface area contributed by atoms with E-state index >= 15 is 0 Å². The highest BCUT2D eigenvalue weighted by atomic mass is 32.2. The lowest BCUT2D eigenvalue weighted by molar-refractivity contribution is 0.402. The van der Waals surface area contributed by atoms with E-state index in [-0.39, 0.29) is 10.9 Å². The van der Waals surface area contributed by atoms with Crippen LogP contribution in [0.15, 0.2) is 23.1 Å². The van der Waals surface area contributed by atoms with E-state index in [9.17, 15) is 12.8 Å². The third-order valence-electron chi connectivity index (χ3n) is 3.38. The summed E-state index contributed by atoms with van der Waals surface area (Å²) >= 11 is 0. The largest absolute Gasteiger partial charge is 0.316 e. The summed E-state index contributed by atoms with van der Waals surface area (Å²) < 4.78 is 40.6. The number of nitrogens with one attached hydrogen (secondary N) is 1. The Morgan fingerprint density at radius 1 is 1.40 bits per heavy atom. The van der Waals surface area contributed by atoms with E-state index in [2.05, 4.69) is 5.32 Å². The molecule has 0 spiro atoms. The third kappa shape index (κ3) is 3.19. The van der Waals surface area contributed by atoms with Gasteiger partial charge in [-0.05, 0) is 44.0 Å². The van der Waals surface area contributed by atoms with Gasteiger partial charge in [0.1, 0.15) is 5.82 Å². The third-order valence-corrected chi connectivity index (χ3v) is 5.42. The van der Waals surface area contributed by atoms with Crippen LogP contribution in [0.5, 0.6) is 0 Å². The number of benzene rings is 1. The highest BCUT2D eigenvalue weighted by molar-refractivity contribution is 7.89. The van der Waals surface area contributed by atoms with Crippen LogP contribution in [0.1, 0.15) is 31.7 Å². The van der Waals surface area contributed by atoms with Gasteiger partial charge in [0.15, 0.2) is 0 Å². The summed E-state index contributed by atoms with van der Waals surface area (Å²) in [6, 6.07) is 4.06. The monoisotopic (exact) mass is 300 g/mol. The van der Waals surface area contributed by atoms with Gasteiger partial charge in [-0.2, -0.15) is 4.31 Å². The molecule has 0 unspecified atom stereocenters.